The molecule has 0 radical (unpaired) electrons. The molecule has 1 aliphatic rings. The summed E-state index contributed by atoms with van der Waals surface area (Å²) < 4.78 is 26.4. The van der Waals surface area contributed by atoms with Crippen molar-refractivity contribution in [3.05, 3.63) is 35.4 Å². The van der Waals surface area contributed by atoms with Gasteiger partial charge in [-0.25, -0.2) is 8.78 Å². The van der Waals surface area contributed by atoms with Crippen molar-refractivity contribution in [2.45, 2.75) is 18.5 Å². The largest absolute Gasteiger partial charge is 0.350 e. The van der Waals surface area contributed by atoms with E-state index in [2.05, 4.69) is 10.6 Å². The first-order valence-corrected chi connectivity index (χ1v) is 6.62. The van der Waals surface area contributed by atoms with Crippen LogP contribution in [-0.2, 0) is 4.79 Å². The second-order valence-electron chi connectivity index (χ2n) is 5.09. The predicted molar refractivity (Wildman–Crippen MR) is 72.2 cm³/mol. The first-order valence-electron chi connectivity index (χ1n) is 6.62. The fraction of sp³-hybridized carbons (Fsp3) is 0.500. The van der Waals surface area contributed by atoms with E-state index in [1.807, 2.05) is 11.9 Å². The van der Waals surface area contributed by atoms with Gasteiger partial charge in [-0.2, -0.15) is 0 Å². The summed E-state index contributed by atoms with van der Waals surface area (Å²) in [5, 5.41) is 5.72. The summed E-state index contributed by atoms with van der Waals surface area (Å²) in [4.78, 5) is 13.7. The van der Waals surface area contributed by atoms with Crippen LogP contribution < -0.4 is 10.6 Å². The molecule has 110 valence electrons. The monoisotopic (exact) mass is 283 g/mol. The van der Waals surface area contributed by atoms with Crippen molar-refractivity contribution in [2.24, 2.45) is 0 Å². The van der Waals surface area contributed by atoms with Gasteiger partial charge in [0.1, 0.15) is 0 Å². The van der Waals surface area contributed by atoms with Crippen LogP contribution >= 0.6 is 0 Å². The van der Waals surface area contributed by atoms with Gasteiger partial charge < -0.3 is 10.6 Å². The maximum absolute atomic E-state index is 13.4. The van der Waals surface area contributed by atoms with Gasteiger partial charge in [0.15, 0.2) is 11.6 Å². The average Bonchev–Trinajstić information content (AvgIpc) is 2.74. The Morgan fingerprint density at radius 3 is 2.80 bits per heavy atom. The van der Waals surface area contributed by atoms with Gasteiger partial charge in [-0.15, -0.1) is 0 Å². The van der Waals surface area contributed by atoms with Crippen LogP contribution in [0.5, 0.6) is 0 Å². The van der Waals surface area contributed by atoms with Crippen LogP contribution in [0.15, 0.2) is 18.2 Å². The van der Waals surface area contributed by atoms with E-state index in [1.165, 1.54) is 6.07 Å². The summed E-state index contributed by atoms with van der Waals surface area (Å²) in [6.07, 6.45) is 0.787. The number of nitrogens with one attached hydrogen (secondary N) is 2. The van der Waals surface area contributed by atoms with Crippen LogP contribution in [0.2, 0.25) is 0 Å². The third-order valence-corrected chi connectivity index (χ3v) is 3.62. The molecule has 20 heavy (non-hydrogen) atoms. The number of hydrogen-bond donors (Lipinski definition) is 2. The van der Waals surface area contributed by atoms with Gasteiger partial charge in [0.25, 0.3) is 0 Å². The quantitative estimate of drug-likeness (QED) is 0.868. The molecule has 6 heteroatoms. The van der Waals surface area contributed by atoms with Crippen molar-refractivity contribution in [3.63, 3.8) is 0 Å². The molecule has 2 atom stereocenters. The third-order valence-electron chi connectivity index (χ3n) is 3.62. The minimum Gasteiger partial charge on any atom is -0.350 e. The molecular weight excluding hydrogens is 264 g/mol. The summed E-state index contributed by atoms with van der Waals surface area (Å²) in [6.45, 7) is 1.04. The number of rotatable bonds is 4. The number of benzene rings is 1. The lowest BCUT2D eigenvalue weighted by Crippen LogP contribution is -2.42. The van der Waals surface area contributed by atoms with Gasteiger partial charge in [0.2, 0.25) is 5.91 Å². The Bertz CT molecular complexity index is 495. The minimum absolute atomic E-state index is 0.0919. The molecule has 0 spiro atoms. The number of nitrogens with zero attached hydrogens (tertiary/aromatic N) is 1. The Balaban J connectivity index is 2.17. The molecule has 0 aliphatic carbocycles. The maximum atomic E-state index is 13.4. The SMILES string of the molecule is CNCC(=O)NC1CCN(C)C1c1ccc(F)c(F)c1. The minimum atomic E-state index is -0.858. The Kier molecular flexibility index (Phi) is 4.67. The molecule has 0 saturated carbocycles. The lowest BCUT2D eigenvalue weighted by atomic mass is 10.00. The normalized spacial score (nSPS) is 23.0. The molecule has 2 N–H and O–H groups in total. The number of carbonyl (C=O) groups is 1. The van der Waals surface area contributed by atoms with Crippen molar-refractivity contribution in [1.29, 1.82) is 0 Å². The lowest BCUT2D eigenvalue weighted by molar-refractivity contribution is -0.121. The van der Waals surface area contributed by atoms with E-state index >= 15 is 0 Å². The van der Waals surface area contributed by atoms with Crippen molar-refractivity contribution in [3.8, 4) is 0 Å². The Morgan fingerprint density at radius 2 is 2.15 bits per heavy atom. The fourth-order valence-electron chi connectivity index (χ4n) is 2.70. The van der Waals surface area contributed by atoms with E-state index in [4.69, 9.17) is 0 Å². The van der Waals surface area contributed by atoms with Gasteiger partial charge in [0.05, 0.1) is 12.6 Å². The number of amides is 1. The number of carbonyl (C=O) groups excluding carboxylic acids is 1. The zero-order valence-corrected chi connectivity index (χ0v) is 11.6. The molecule has 1 amide bonds. The molecule has 1 aromatic rings. The highest BCUT2D eigenvalue weighted by molar-refractivity contribution is 5.78. The fourth-order valence-corrected chi connectivity index (χ4v) is 2.70. The highest BCUT2D eigenvalue weighted by Crippen LogP contribution is 2.31. The van der Waals surface area contributed by atoms with Crippen molar-refractivity contribution in [2.75, 3.05) is 27.2 Å². The summed E-state index contributed by atoms with van der Waals surface area (Å²) in [5.74, 6) is -1.81. The second kappa shape index (κ2) is 6.28. The van der Waals surface area contributed by atoms with E-state index in [9.17, 15) is 13.6 Å². The van der Waals surface area contributed by atoms with Crippen molar-refractivity contribution in [1.82, 2.24) is 15.5 Å². The molecular formula is C14H19F2N3O. The summed E-state index contributed by atoms with van der Waals surface area (Å²) >= 11 is 0. The second-order valence-corrected chi connectivity index (χ2v) is 5.09. The summed E-state index contributed by atoms with van der Waals surface area (Å²) in [7, 11) is 3.61. The van der Waals surface area contributed by atoms with Crippen LogP contribution in [0.25, 0.3) is 0 Å². The van der Waals surface area contributed by atoms with Gasteiger partial charge in [-0.1, -0.05) is 6.07 Å². The highest BCUT2D eigenvalue weighted by atomic mass is 19.2. The molecule has 1 aliphatic heterocycles. The molecule has 0 bridgehead atoms. The van der Waals surface area contributed by atoms with E-state index < -0.39 is 11.6 Å². The topological polar surface area (TPSA) is 44.4 Å². The third kappa shape index (κ3) is 3.13. The first kappa shape index (κ1) is 14.9. The van der Waals surface area contributed by atoms with Crippen LogP contribution in [0.1, 0.15) is 18.0 Å². The summed E-state index contributed by atoms with van der Waals surface area (Å²) in [6, 6.07) is 3.68. The molecule has 2 rings (SSSR count). The molecule has 1 heterocycles. The Labute approximate surface area is 117 Å². The van der Waals surface area contributed by atoms with E-state index in [0.29, 0.717) is 5.56 Å². The van der Waals surface area contributed by atoms with E-state index in [0.717, 1.165) is 19.0 Å². The van der Waals surface area contributed by atoms with Crippen molar-refractivity contribution >= 4 is 5.91 Å². The van der Waals surface area contributed by atoms with Gasteiger partial charge in [-0.3, -0.25) is 9.69 Å². The van der Waals surface area contributed by atoms with Crippen LogP contribution in [0.3, 0.4) is 0 Å². The highest BCUT2D eigenvalue weighted by Gasteiger charge is 2.34. The Hall–Kier alpha value is -1.53. The molecule has 2 unspecified atom stereocenters. The van der Waals surface area contributed by atoms with E-state index in [1.54, 1.807) is 13.1 Å². The van der Waals surface area contributed by atoms with Crippen LogP contribution in [-0.4, -0.2) is 44.0 Å². The molecule has 0 aromatic heterocycles. The van der Waals surface area contributed by atoms with Gasteiger partial charge in [0, 0.05) is 12.6 Å². The molecule has 1 fully saturated rings. The van der Waals surface area contributed by atoms with Gasteiger partial charge in [-0.05, 0) is 38.2 Å². The lowest BCUT2D eigenvalue weighted by Gasteiger charge is -2.26. The van der Waals surface area contributed by atoms with Crippen LogP contribution in [0.4, 0.5) is 8.78 Å². The number of halogens is 2. The van der Waals surface area contributed by atoms with E-state index in [-0.39, 0.29) is 24.5 Å². The van der Waals surface area contributed by atoms with Crippen LogP contribution in [0, 0.1) is 11.6 Å². The van der Waals surface area contributed by atoms with Gasteiger partial charge >= 0.3 is 0 Å². The smallest absolute Gasteiger partial charge is 0.234 e. The Morgan fingerprint density at radius 1 is 1.40 bits per heavy atom. The molecule has 1 aromatic carbocycles. The molecule has 1 saturated heterocycles. The molecule has 4 nitrogen and oxygen atoms in total. The zero-order valence-electron chi connectivity index (χ0n) is 11.6. The standard InChI is InChI=1S/C14H19F2N3O/c1-17-8-13(20)18-12-5-6-19(2)14(12)9-3-4-10(15)11(16)7-9/h3-4,7,12,14,17H,5-6,8H2,1-2H3,(H,18,20). The summed E-state index contributed by atoms with van der Waals surface area (Å²) in [5.41, 5.74) is 0.679. The van der Waals surface area contributed by atoms with Crippen molar-refractivity contribution < 1.29 is 13.6 Å². The zero-order chi connectivity index (χ0) is 14.7. The average molecular weight is 283 g/mol. The number of likely N-dealkylation sites (N-methyl/N-ethyl adjacent to an activating group) is 2. The predicted octanol–water partition coefficient (Wildman–Crippen LogP) is 1.05. The first-order chi connectivity index (χ1) is 9.52. The maximum Gasteiger partial charge on any atom is 0.234 e. The number of likely N-dealkylation sites (tertiary alicyclic amines) is 1. The number of hydrogen-bond acceptors (Lipinski definition) is 3.